The van der Waals surface area contributed by atoms with Crippen LogP contribution in [0.2, 0.25) is 0 Å². The molecule has 4 nitrogen and oxygen atoms in total. The Kier molecular flexibility index (Phi) is 8.08. The molecule has 0 amide bonds. The third-order valence-corrected chi connectivity index (χ3v) is 11.1. The average molecular weight is 487 g/mol. The predicted octanol–water partition coefficient (Wildman–Crippen LogP) is 7.80. The molecule has 0 bridgehead atoms. The van der Waals surface area contributed by atoms with Gasteiger partial charge in [-0.15, -0.1) is 0 Å². The first-order valence-electron chi connectivity index (χ1n) is 14.7. The lowest BCUT2D eigenvalue weighted by atomic mass is 9.47. The van der Waals surface area contributed by atoms with Gasteiger partial charge < -0.3 is 9.84 Å². The highest BCUT2D eigenvalue weighted by molar-refractivity contribution is 5.76. The van der Waals surface area contributed by atoms with Crippen molar-refractivity contribution in [2.45, 2.75) is 124 Å². The number of carboxylic acids is 1. The van der Waals surface area contributed by atoms with Crippen molar-refractivity contribution in [3.05, 3.63) is 11.6 Å². The molecule has 0 spiro atoms. The lowest BCUT2D eigenvalue weighted by Crippen LogP contribution is -2.51. The van der Waals surface area contributed by atoms with E-state index in [1.165, 1.54) is 56.9 Å². The number of hydrogen-bond acceptors (Lipinski definition) is 3. The zero-order valence-corrected chi connectivity index (χ0v) is 23.0. The van der Waals surface area contributed by atoms with Gasteiger partial charge in [-0.2, -0.15) is 0 Å². The molecule has 4 rings (SSSR count). The number of allylic oxidation sites excluding steroid dienone is 1. The summed E-state index contributed by atoms with van der Waals surface area (Å²) in [5.41, 5.74) is 2.27. The lowest BCUT2D eigenvalue weighted by Gasteiger charge is -2.58. The smallest absolute Gasteiger partial charge is 0.306 e. The average Bonchev–Trinajstić information content (AvgIpc) is 3.15. The van der Waals surface area contributed by atoms with E-state index in [9.17, 15) is 9.59 Å². The highest BCUT2D eigenvalue weighted by Gasteiger charge is 2.59. The largest absolute Gasteiger partial charge is 0.481 e. The van der Waals surface area contributed by atoms with Crippen LogP contribution in [0.3, 0.4) is 0 Å². The molecule has 0 saturated heterocycles. The van der Waals surface area contributed by atoms with Crippen LogP contribution in [-0.2, 0) is 14.3 Å². The Morgan fingerprint density at radius 2 is 1.80 bits per heavy atom. The molecular formula is C31H50O4. The SMILES string of the molecule is CC(C)CCC[C@H](C)[C@@H]1CC[C@@H]2[C@H]3CC=C4C[C@@H](OC(=O)CCC(=O)O)CC[C@]4(C)[C@@H]3CC[C@@]21C. The maximum absolute atomic E-state index is 12.1. The topological polar surface area (TPSA) is 63.6 Å². The van der Waals surface area contributed by atoms with Crippen molar-refractivity contribution in [2.75, 3.05) is 0 Å². The van der Waals surface area contributed by atoms with E-state index < -0.39 is 5.97 Å². The molecule has 35 heavy (non-hydrogen) atoms. The molecule has 198 valence electrons. The van der Waals surface area contributed by atoms with Crippen LogP contribution in [0.25, 0.3) is 0 Å². The summed E-state index contributed by atoms with van der Waals surface area (Å²) in [6.45, 7) is 12.4. The molecule has 1 N–H and O–H groups in total. The van der Waals surface area contributed by atoms with Crippen LogP contribution >= 0.6 is 0 Å². The molecule has 4 aliphatic carbocycles. The number of ether oxygens (including phenoxy) is 1. The van der Waals surface area contributed by atoms with Crippen LogP contribution < -0.4 is 0 Å². The van der Waals surface area contributed by atoms with Crippen molar-refractivity contribution >= 4 is 11.9 Å². The highest BCUT2D eigenvalue weighted by atomic mass is 16.5. The van der Waals surface area contributed by atoms with Crippen LogP contribution in [0, 0.1) is 46.3 Å². The van der Waals surface area contributed by atoms with E-state index >= 15 is 0 Å². The molecule has 0 aromatic carbocycles. The van der Waals surface area contributed by atoms with Crippen molar-refractivity contribution in [2.24, 2.45) is 46.3 Å². The Morgan fingerprint density at radius 3 is 2.51 bits per heavy atom. The zero-order chi connectivity index (χ0) is 25.4. The second-order valence-electron chi connectivity index (χ2n) is 13.5. The molecule has 0 heterocycles. The van der Waals surface area contributed by atoms with Gasteiger partial charge in [0, 0.05) is 6.42 Å². The van der Waals surface area contributed by atoms with E-state index in [2.05, 4.69) is 40.7 Å². The van der Waals surface area contributed by atoms with Crippen LogP contribution in [0.5, 0.6) is 0 Å². The van der Waals surface area contributed by atoms with Gasteiger partial charge in [0.05, 0.1) is 12.8 Å². The van der Waals surface area contributed by atoms with Gasteiger partial charge in [0.1, 0.15) is 6.10 Å². The summed E-state index contributed by atoms with van der Waals surface area (Å²) in [5.74, 6) is 3.68. The molecule has 0 aromatic rings. The van der Waals surface area contributed by atoms with Crippen LogP contribution in [0.15, 0.2) is 11.6 Å². The summed E-state index contributed by atoms with van der Waals surface area (Å²) < 4.78 is 5.70. The molecule has 0 aliphatic heterocycles. The van der Waals surface area contributed by atoms with Crippen molar-refractivity contribution in [1.29, 1.82) is 0 Å². The lowest BCUT2D eigenvalue weighted by molar-refractivity contribution is -0.154. The van der Waals surface area contributed by atoms with Crippen LogP contribution in [0.1, 0.15) is 118 Å². The quantitative estimate of drug-likeness (QED) is 0.267. The van der Waals surface area contributed by atoms with E-state index in [0.717, 1.165) is 54.8 Å². The number of carboxylic acid groups (broad SMARTS) is 1. The minimum absolute atomic E-state index is 0.0236. The van der Waals surface area contributed by atoms with Gasteiger partial charge in [-0.1, -0.05) is 65.5 Å². The van der Waals surface area contributed by atoms with Gasteiger partial charge in [-0.3, -0.25) is 9.59 Å². The molecule has 8 atom stereocenters. The van der Waals surface area contributed by atoms with Gasteiger partial charge in [0.15, 0.2) is 0 Å². The fourth-order valence-electron chi connectivity index (χ4n) is 9.21. The standard InChI is InChI=1S/C31H50O4/c1-20(2)7-6-8-21(3)25-11-12-26-24-10-9-22-19-23(35-29(34)14-13-28(32)33)15-17-30(22,4)27(24)16-18-31(25,26)5/h9,20-21,23-27H,6-8,10-19H2,1-5H3,(H,32,33)/t21-,23-,24+,25-,26+,27+,30-,31+/m0/s1. The third kappa shape index (κ3) is 5.37. The van der Waals surface area contributed by atoms with E-state index in [1.54, 1.807) is 0 Å². The molecule has 4 aliphatic rings. The normalized spacial score (nSPS) is 39.3. The van der Waals surface area contributed by atoms with Crippen LogP contribution in [0.4, 0.5) is 0 Å². The summed E-state index contributed by atoms with van der Waals surface area (Å²) >= 11 is 0. The first kappa shape index (κ1) is 26.7. The predicted molar refractivity (Wildman–Crippen MR) is 140 cm³/mol. The van der Waals surface area contributed by atoms with E-state index in [-0.39, 0.29) is 30.3 Å². The maximum Gasteiger partial charge on any atom is 0.306 e. The summed E-state index contributed by atoms with van der Waals surface area (Å²) in [6.07, 6.45) is 16.0. The number of rotatable bonds is 9. The third-order valence-electron chi connectivity index (χ3n) is 11.1. The maximum atomic E-state index is 12.1. The molecule has 0 unspecified atom stereocenters. The van der Waals surface area contributed by atoms with Crippen molar-refractivity contribution < 1.29 is 19.4 Å². The fourth-order valence-corrected chi connectivity index (χ4v) is 9.21. The van der Waals surface area contributed by atoms with Gasteiger partial charge in [0.25, 0.3) is 0 Å². The molecule has 3 fully saturated rings. The Morgan fingerprint density at radius 1 is 1.03 bits per heavy atom. The highest BCUT2D eigenvalue weighted by Crippen LogP contribution is 2.67. The van der Waals surface area contributed by atoms with Crippen molar-refractivity contribution in [1.82, 2.24) is 0 Å². The fraction of sp³-hybridized carbons (Fsp3) is 0.871. The second-order valence-corrected chi connectivity index (χ2v) is 13.5. The van der Waals surface area contributed by atoms with Crippen LogP contribution in [-0.4, -0.2) is 23.1 Å². The minimum Gasteiger partial charge on any atom is -0.481 e. The number of fused-ring (bicyclic) bond motifs is 5. The Hall–Kier alpha value is -1.32. The number of hydrogen-bond donors (Lipinski definition) is 1. The summed E-state index contributed by atoms with van der Waals surface area (Å²) in [5, 5.41) is 8.84. The molecular weight excluding hydrogens is 436 g/mol. The van der Waals surface area contributed by atoms with E-state index in [4.69, 9.17) is 9.84 Å². The monoisotopic (exact) mass is 486 g/mol. The molecule has 3 saturated carbocycles. The van der Waals surface area contributed by atoms with Crippen molar-refractivity contribution in [3.8, 4) is 0 Å². The summed E-state index contributed by atoms with van der Waals surface area (Å²) in [6, 6.07) is 0. The Labute approximate surface area is 213 Å². The first-order valence-corrected chi connectivity index (χ1v) is 14.7. The zero-order valence-electron chi connectivity index (χ0n) is 23.0. The van der Waals surface area contributed by atoms with E-state index in [1.807, 2.05) is 0 Å². The van der Waals surface area contributed by atoms with Gasteiger partial charge in [0.2, 0.25) is 0 Å². The van der Waals surface area contributed by atoms with Gasteiger partial charge in [-0.05, 0) is 91.3 Å². The molecule has 0 radical (unpaired) electrons. The first-order chi connectivity index (χ1) is 16.5. The summed E-state index contributed by atoms with van der Waals surface area (Å²) in [4.78, 5) is 22.9. The number of esters is 1. The number of carbonyl (C=O) groups is 2. The minimum atomic E-state index is -0.942. The van der Waals surface area contributed by atoms with Gasteiger partial charge >= 0.3 is 11.9 Å². The summed E-state index contributed by atoms with van der Waals surface area (Å²) in [7, 11) is 0. The second kappa shape index (κ2) is 10.6. The van der Waals surface area contributed by atoms with Crippen molar-refractivity contribution in [3.63, 3.8) is 0 Å². The molecule has 0 aromatic heterocycles. The Bertz CT molecular complexity index is 815. The number of aliphatic carboxylic acids is 1. The van der Waals surface area contributed by atoms with Gasteiger partial charge in [-0.25, -0.2) is 0 Å². The van der Waals surface area contributed by atoms with E-state index in [0.29, 0.717) is 5.41 Å². The Balaban J connectivity index is 1.40. The number of carbonyl (C=O) groups excluding carboxylic acids is 1. The molecule has 4 heteroatoms.